The number of fused-ring (bicyclic) bond motifs is 1. The molecule has 0 radical (unpaired) electrons. The average Bonchev–Trinajstić information content (AvgIpc) is 3.02. The van der Waals surface area contributed by atoms with Crippen LogP contribution in [0, 0.1) is 17.7 Å². The fourth-order valence-electron chi connectivity index (χ4n) is 3.69. The second-order valence-electron chi connectivity index (χ2n) is 6.51. The lowest BCUT2D eigenvalue weighted by atomic mass is 9.67. The molecule has 136 valence electrons. The molecule has 0 unspecified atom stereocenters. The van der Waals surface area contributed by atoms with E-state index < -0.39 is 5.82 Å². The highest BCUT2D eigenvalue weighted by molar-refractivity contribution is 5.94. The Hall–Kier alpha value is -1.99. The Morgan fingerprint density at radius 3 is 2.80 bits per heavy atom. The van der Waals surface area contributed by atoms with Gasteiger partial charge in [0.15, 0.2) is 0 Å². The van der Waals surface area contributed by atoms with Gasteiger partial charge in [0.1, 0.15) is 5.82 Å². The van der Waals surface area contributed by atoms with Crippen LogP contribution in [0.1, 0.15) is 23.2 Å². The topological polar surface area (TPSA) is 76.7 Å². The summed E-state index contributed by atoms with van der Waals surface area (Å²) in [6.07, 6.45) is 1.34. The monoisotopic (exact) mass is 350 g/mol. The molecule has 1 saturated carbocycles. The van der Waals surface area contributed by atoms with Crippen molar-refractivity contribution in [3.63, 3.8) is 0 Å². The van der Waals surface area contributed by atoms with Gasteiger partial charge in [0.2, 0.25) is 5.91 Å². The fourth-order valence-corrected chi connectivity index (χ4v) is 3.69. The first-order chi connectivity index (χ1) is 12.1. The van der Waals surface area contributed by atoms with Gasteiger partial charge in [-0.2, -0.15) is 0 Å². The molecule has 2 amide bonds. The SMILES string of the molecule is COC[C@H]1[C@H](NC(=O)CCNC(=O)c2ccc(F)cc2)[C@H]2CCO[C@H]21. The molecule has 1 saturated heterocycles. The number of ether oxygens (including phenoxy) is 2. The van der Waals surface area contributed by atoms with Crippen LogP contribution in [0.4, 0.5) is 4.39 Å². The summed E-state index contributed by atoms with van der Waals surface area (Å²) >= 11 is 0. The first-order valence-electron chi connectivity index (χ1n) is 8.54. The van der Waals surface area contributed by atoms with Crippen molar-refractivity contribution in [1.82, 2.24) is 10.6 Å². The molecule has 1 aromatic rings. The zero-order valence-electron chi connectivity index (χ0n) is 14.2. The van der Waals surface area contributed by atoms with Crippen LogP contribution in [0.25, 0.3) is 0 Å². The van der Waals surface area contributed by atoms with E-state index in [2.05, 4.69) is 10.6 Å². The number of nitrogens with one attached hydrogen (secondary N) is 2. The molecule has 1 heterocycles. The molecule has 2 fully saturated rings. The third kappa shape index (κ3) is 3.99. The molecule has 2 aliphatic rings. The van der Waals surface area contributed by atoms with Crippen LogP contribution in [-0.2, 0) is 14.3 Å². The summed E-state index contributed by atoms with van der Waals surface area (Å²) in [6.45, 7) is 1.53. The normalized spacial score (nSPS) is 27.3. The first kappa shape index (κ1) is 17.8. The molecule has 1 aromatic carbocycles. The molecule has 6 nitrogen and oxygen atoms in total. The lowest BCUT2D eigenvalue weighted by Gasteiger charge is -2.47. The summed E-state index contributed by atoms with van der Waals surface area (Å²) < 4.78 is 23.7. The predicted octanol–water partition coefficient (Wildman–Crippen LogP) is 1.11. The van der Waals surface area contributed by atoms with Crippen LogP contribution in [-0.4, -0.2) is 50.8 Å². The zero-order chi connectivity index (χ0) is 17.8. The van der Waals surface area contributed by atoms with Crippen molar-refractivity contribution in [3.8, 4) is 0 Å². The minimum atomic E-state index is -0.392. The van der Waals surface area contributed by atoms with Crippen molar-refractivity contribution in [1.29, 1.82) is 0 Å². The Labute approximate surface area is 146 Å². The largest absolute Gasteiger partial charge is 0.384 e. The van der Waals surface area contributed by atoms with E-state index in [4.69, 9.17) is 9.47 Å². The zero-order valence-corrected chi connectivity index (χ0v) is 14.2. The molecule has 4 atom stereocenters. The summed E-state index contributed by atoms with van der Waals surface area (Å²) in [5, 5.41) is 5.71. The molecule has 0 aromatic heterocycles. The van der Waals surface area contributed by atoms with E-state index in [0.717, 1.165) is 13.0 Å². The highest BCUT2D eigenvalue weighted by atomic mass is 19.1. The van der Waals surface area contributed by atoms with Gasteiger partial charge in [-0.05, 0) is 30.7 Å². The fraction of sp³-hybridized carbons (Fsp3) is 0.556. The quantitative estimate of drug-likeness (QED) is 0.772. The number of carbonyl (C=O) groups is 2. The van der Waals surface area contributed by atoms with E-state index in [1.165, 1.54) is 24.3 Å². The summed E-state index contributed by atoms with van der Waals surface area (Å²) in [4.78, 5) is 24.1. The lowest BCUT2D eigenvalue weighted by Crippen LogP contribution is -2.62. The number of carbonyl (C=O) groups excluding carboxylic acids is 2. The maximum atomic E-state index is 12.8. The second kappa shape index (κ2) is 7.93. The third-order valence-electron chi connectivity index (χ3n) is 4.96. The van der Waals surface area contributed by atoms with E-state index in [1.54, 1.807) is 7.11 Å². The standard InChI is InChI=1S/C18H23FN2O4/c1-24-10-14-16(13-7-9-25-17(13)14)21-15(22)6-8-20-18(23)11-2-4-12(19)5-3-11/h2-5,13-14,16-17H,6-10H2,1H3,(H,20,23)(H,21,22)/t13-,14+,16-,17-/m1/s1. The van der Waals surface area contributed by atoms with Gasteiger partial charge < -0.3 is 20.1 Å². The Kier molecular flexibility index (Phi) is 5.65. The number of hydrogen-bond donors (Lipinski definition) is 2. The summed E-state index contributed by atoms with van der Waals surface area (Å²) in [5.41, 5.74) is 0.368. The van der Waals surface area contributed by atoms with Crippen LogP contribution >= 0.6 is 0 Å². The number of amides is 2. The second-order valence-corrected chi connectivity index (χ2v) is 6.51. The van der Waals surface area contributed by atoms with Gasteiger partial charge in [-0.25, -0.2) is 4.39 Å². The highest BCUT2D eigenvalue weighted by Gasteiger charge is 2.54. The first-order valence-corrected chi connectivity index (χ1v) is 8.54. The average molecular weight is 350 g/mol. The van der Waals surface area contributed by atoms with Gasteiger partial charge in [0, 0.05) is 50.1 Å². The van der Waals surface area contributed by atoms with Gasteiger partial charge in [-0.1, -0.05) is 0 Å². The van der Waals surface area contributed by atoms with E-state index in [1.807, 2.05) is 0 Å². The Morgan fingerprint density at radius 2 is 2.08 bits per heavy atom. The van der Waals surface area contributed by atoms with Crippen molar-refractivity contribution >= 4 is 11.8 Å². The smallest absolute Gasteiger partial charge is 0.251 e. The number of halogens is 1. The van der Waals surface area contributed by atoms with Crippen LogP contribution in [0.3, 0.4) is 0 Å². The maximum absolute atomic E-state index is 12.8. The van der Waals surface area contributed by atoms with Crippen molar-refractivity contribution in [2.24, 2.45) is 11.8 Å². The van der Waals surface area contributed by atoms with Crippen molar-refractivity contribution in [2.75, 3.05) is 26.9 Å². The summed E-state index contributed by atoms with van der Waals surface area (Å²) in [7, 11) is 1.64. The minimum Gasteiger partial charge on any atom is -0.384 e. The molecular weight excluding hydrogens is 327 g/mol. The van der Waals surface area contributed by atoms with Crippen molar-refractivity contribution in [2.45, 2.75) is 25.0 Å². The number of rotatable bonds is 7. The van der Waals surface area contributed by atoms with Gasteiger partial charge in [-0.15, -0.1) is 0 Å². The summed E-state index contributed by atoms with van der Waals surface area (Å²) in [6, 6.07) is 5.36. The maximum Gasteiger partial charge on any atom is 0.251 e. The van der Waals surface area contributed by atoms with Gasteiger partial charge >= 0.3 is 0 Å². The molecule has 7 heteroatoms. The van der Waals surface area contributed by atoms with Gasteiger partial charge in [0.05, 0.1) is 12.7 Å². The Morgan fingerprint density at radius 1 is 1.32 bits per heavy atom. The molecule has 0 bridgehead atoms. The Bertz CT molecular complexity index is 622. The Balaban J connectivity index is 1.42. The minimum absolute atomic E-state index is 0.0766. The molecule has 1 aliphatic carbocycles. The van der Waals surface area contributed by atoms with E-state index >= 15 is 0 Å². The number of hydrogen-bond acceptors (Lipinski definition) is 4. The van der Waals surface area contributed by atoms with Crippen LogP contribution in [0.5, 0.6) is 0 Å². The van der Waals surface area contributed by atoms with Crippen LogP contribution in [0.2, 0.25) is 0 Å². The molecule has 1 aliphatic heterocycles. The van der Waals surface area contributed by atoms with Crippen molar-refractivity contribution < 1.29 is 23.5 Å². The number of benzene rings is 1. The van der Waals surface area contributed by atoms with E-state index in [0.29, 0.717) is 18.1 Å². The molecule has 2 N–H and O–H groups in total. The van der Waals surface area contributed by atoms with Crippen molar-refractivity contribution in [3.05, 3.63) is 35.6 Å². The number of methoxy groups -OCH3 is 1. The third-order valence-corrected chi connectivity index (χ3v) is 4.96. The molecular formula is C18H23FN2O4. The van der Waals surface area contributed by atoms with E-state index in [9.17, 15) is 14.0 Å². The van der Waals surface area contributed by atoms with E-state index in [-0.39, 0.29) is 42.8 Å². The highest BCUT2D eigenvalue weighted by Crippen LogP contribution is 2.43. The van der Waals surface area contributed by atoms with Gasteiger partial charge in [-0.3, -0.25) is 9.59 Å². The van der Waals surface area contributed by atoms with Crippen LogP contribution in [0.15, 0.2) is 24.3 Å². The lowest BCUT2D eigenvalue weighted by molar-refractivity contribution is -0.129. The molecule has 0 spiro atoms. The predicted molar refractivity (Wildman–Crippen MR) is 88.5 cm³/mol. The van der Waals surface area contributed by atoms with Crippen LogP contribution < -0.4 is 10.6 Å². The van der Waals surface area contributed by atoms with Gasteiger partial charge in [0.25, 0.3) is 5.91 Å². The molecule has 3 rings (SSSR count). The molecule has 25 heavy (non-hydrogen) atoms. The summed E-state index contributed by atoms with van der Waals surface area (Å²) in [5.74, 6) is -0.266.